The Balaban J connectivity index is 2.02. The summed E-state index contributed by atoms with van der Waals surface area (Å²) in [6.07, 6.45) is 0.756. The molecule has 1 atom stereocenters. The smallest absolute Gasteiger partial charge is 0.251 e. The van der Waals surface area contributed by atoms with Gasteiger partial charge in [0.1, 0.15) is 0 Å². The van der Waals surface area contributed by atoms with Gasteiger partial charge < -0.3 is 10.1 Å². The lowest BCUT2D eigenvalue weighted by Gasteiger charge is -2.18. The summed E-state index contributed by atoms with van der Waals surface area (Å²) in [4.78, 5) is 12.3. The van der Waals surface area contributed by atoms with E-state index < -0.39 is 0 Å². The van der Waals surface area contributed by atoms with Crippen molar-refractivity contribution in [2.75, 3.05) is 13.7 Å². The number of rotatable bonds is 6. The van der Waals surface area contributed by atoms with Gasteiger partial charge >= 0.3 is 0 Å². The average Bonchev–Trinajstić information content (AvgIpc) is 2.49. The van der Waals surface area contributed by atoms with Crippen molar-refractivity contribution in [1.82, 2.24) is 5.32 Å². The van der Waals surface area contributed by atoms with E-state index in [1.165, 1.54) is 5.56 Å². The van der Waals surface area contributed by atoms with Gasteiger partial charge in [0.05, 0.1) is 12.6 Å². The largest absolute Gasteiger partial charge is 0.383 e. The van der Waals surface area contributed by atoms with E-state index >= 15 is 0 Å². The van der Waals surface area contributed by atoms with Crippen LogP contribution in [0.1, 0.15) is 21.5 Å². The van der Waals surface area contributed by atoms with Gasteiger partial charge in [0.2, 0.25) is 0 Å². The van der Waals surface area contributed by atoms with Crippen LogP contribution in [0.25, 0.3) is 0 Å². The van der Waals surface area contributed by atoms with Crippen molar-refractivity contribution in [1.29, 1.82) is 0 Å². The highest BCUT2D eigenvalue weighted by molar-refractivity contribution is 5.94. The summed E-state index contributed by atoms with van der Waals surface area (Å²) >= 11 is 0. The van der Waals surface area contributed by atoms with Crippen LogP contribution < -0.4 is 5.32 Å². The van der Waals surface area contributed by atoms with Gasteiger partial charge in [-0.1, -0.05) is 48.0 Å². The summed E-state index contributed by atoms with van der Waals surface area (Å²) in [7, 11) is 1.65. The topological polar surface area (TPSA) is 38.3 Å². The molecule has 0 saturated carbocycles. The van der Waals surface area contributed by atoms with Crippen LogP contribution in [-0.2, 0) is 11.2 Å². The molecule has 2 aromatic carbocycles. The third-order valence-corrected chi connectivity index (χ3v) is 3.34. The highest BCUT2D eigenvalue weighted by Gasteiger charge is 2.14. The fourth-order valence-corrected chi connectivity index (χ4v) is 2.23. The molecular weight excluding hydrogens is 262 g/mol. The summed E-state index contributed by atoms with van der Waals surface area (Å²) in [5, 5.41) is 3.04. The number of hydrogen-bond acceptors (Lipinski definition) is 2. The zero-order valence-electron chi connectivity index (χ0n) is 12.5. The number of aryl methyl sites for hydroxylation is 1. The second kappa shape index (κ2) is 7.60. The summed E-state index contributed by atoms with van der Waals surface area (Å²) < 4.78 is 5.22. The summed E-state index contributed by atoms with van der Waals surface area (Å²) in [6.45, 7) is 2.50. The number of carbonyl (C=O) groups is 1. The molecule has 0 aliphatic rings. The molecule has 0 saturated heterocycles. The Kier molecular flexibility index (Phi) is 5.52. The van der Waals surface area contributed by atoms with Crippen molar-refractivity contribution < 1.29 is 9.53 Å². The van der Waals surface area contributed by atoms with Crippen LogP contribution in [-0.4, -0.2) is 25.7 Å². The molecule has 3 nitrogen and oxygen atoms in total. The van der Waals surface area contributed by atoms with Crippen molar-refractivity contribution >= 4 is 5.91 Å². The second-order valence-electron chi connectivity index (χ2n) is 5.18. The van der Waals surface area contributed by atoms with E-state index in [1.54, 1.807) is 7.11 Å². The molecule has 0 fully saturated rings. The molecule has 2 aromatic rings. The van der Waals surface area contributed by atoms with Gasteiger partial charge in [-0.2, -0.15) is 0 Å². The predicted molar refractivity (Wildman–Crippen MR) is 84.5 cm³/mol. The number of ether oxygens (including phenoxy) is 1. The van der Waals surface area contributed by atoms with Crippen molar-refractivity contribution in [2.24, 2.45) is 0 Å². The van der Waals surface area contributed by atoms with Crippen molar-refractivity contribution in [3.8, 4) is 0 Å². The second-order valence-corrected chi connectivity index (χ2v) is 5.18. The van der Waals surface area contributed by atoms with Gasteiger partial charge in [-0.05, 0) is 31.0 Å². The van der Waals surface area contributed by atoms with Gasteiger partial charge in [0.25, 0.3) is 5.91 Å². The molecule has 0 aromatic heterocycles. The Morgan fingerprint density at radius 1 is 1.10 bits per heavy atom. The fourth-order valence-electron chi connectivity index (χ4n) is 2.23. The lowest BCUT2D eigenvalue weighted by Crippen LogP contribution is -2.39. The van der Waals surface area contributed by atoms with E-state index in [2.05, 4.69) is 17.4 Å². The minimum atomic E-state index is -0.0621. The van der Waals surface area contributed by atoms with E-state index in [1.807, 2.05) is 49.4 Å². The third-order valence-electron chi connectivity index (χ3n) is 3.34. The number of hydrogen-bond donors (Lipinski definition) is 1. The lowest BCUT2D eigenvalue weighted by atomic mass is 10.1. The minimum Gasteiger partial charge on any atom is -0.383 e. The number of benzene rings is 2. The van der Waals surface area contributed by atoms with Gasteiger partial charge in [-0.3, -0.25) is 4.79 Å². The SMILES string of the molecule is COC[C@H](Cc1ccccc1)NC(=O)c1ccc(C)cc1. The highest BCUT2D eigenvalue weighted by Crippen LogP contribution is 2.07. The van der Waals surface area contributed by atoms with Crippen LogP contribution in [0.3, 0.4) is 0 Å². The molecule has 0 spiro atoms. The standard InChI is InChI=1S/C18H21NO2/c1-14-8-10-16(11-9-14)18(20)19-17(13-21-2)12-15-6-4-3-5-7-15/h3-11,17H,12-13H2,1-2H3,(H,19,20)/t17-/m0/s1. The van der Waals surface area contributed by atoms with Gasteiger partial charge in [-0.15, -0.1) is 0 Å². The molecule has 0 heterocycles. The molecule has 2 rings (SSSR count). The maximum atomic E-state index is 12.3. The van der Waals surface area contributed by atoms with E-state index in [0.29, 0.717) is 12.2 Å². The minimum absolute atomic E-state index is 0.0359. The first-order valence-corrected chi connectivity index (χ1v) is 7.09. The van der Waals surface area contributed by atoms with E-state index in [0.717, 1.165) is 12.0 Å². The molecule has 1 amide bonds. The van der Waals surface area contributed by atoms with Gasteiger partial charge in [0, 0.05) is 12.7 Å². The van der Waals surface area contributed by atoms with Crippen molar-refractivity contribution in [3.05, 3.63) is 71.3 Å². The van der Waals surface area contributed by atoms with Crippen LogP contribution in [0, 0.1) is 6.92 Å². The van der Waals surface area contributed by atoms with E-state index in [4.69, 9.17) is 4.74 Å². The van der Waals surface area contributed by atoms with Crippen LogP contribution in [0.4, 0.5) is 0 Å². The Morgan fingerprint density at radius 2 is 1.76 bits per heavy atom. The Morgan fingerprint density at radius 3 is 2.38 bits per heavy atom. The third kappa shape index (κ3) is 4.72. The van der Waals surface area contributed by atoms with Crippen LogP contribution in [0.15, 0.2) is 54.6 Å². The zero-order valence-corrected chi connectivity index (χ0v) is 12.5. The molecule has 21 heavy (non-hydrogen) atoms. The average molecular weight is 283 g/mol. The van der Waals surface area contributed by atoms with E-state index in [-0.39, 0.29) is 11.9 Å². The molecule has 0 bridgehead atoms. The summed E-state index contributed by atoms with van der Waals surface area (Å²) in [5.74, 6) is -0.0621. The molecular formula is C18H21NO2. The Bertz CT molecular complexity index is 564. The number of methoxy groups -OCH3 is 1. The maximum Gasteiger partial charge on any atom is 0.251 e. The van der Waals surface area contributed by atoms with Crippen LogP contribution >= 0.6 is 0 Å². The summed E-state index contributed by atoms with van der Waals surface area (Å²) in [6, 6.07) is 17.6. The zero-order chi connectivity index (χ0) is 15.1. The van der Waals surface area contributed by atoms with Gasteiger partial charge in [-0.25, -0.2) is 0 Å². The first-order valence-electron chi connectivity index (χ1n) is 7.09. The van der Waals surface area contributed by atoms with Crippen LogP contribution in [0.5, 0.6) is 0 Å². The quantitative estimate of drug-likeness (QED) is 0.885. The normalized spacial score (nSPS) is 11.9. The first kappa shape index (κ1) is 15.3. The predicted octanol–water partition coefficient (Wildman–Crippen LogP) is 2.98. The van der Waals surface area contributed by atoms with Crippen molar-refractivity contribution in [2.45, 2.75) is 19.4 Å². The molecule has 110 valence electrons. The molecule has 0 radical (unpaired) electrons. The lowest BCUT2D eigenvalue weighted by molar-refractivity contribution is 0.0897. The first-order chi connectivity index (χ1) is 10.2. The maximum absolute atomic E-state index is 12.3. The Hall–Kier alpha value is -2.13. The number of carbonyl (C=O) groups excluding carboxylic acids is 1. The van der Waals surface area contributed by atoms with Crippen molar-refractivity contribution in [3.63, 3.8) is 0 Å². The molecule has 0 aliphatic heterocycles. The van der Waals surface area contributed by atoms with E-state index in [9.17, 15) is 4.79 Å². The summed E-state index contributed by atoms with van der Waals surface area (Å²) in [5.41, 5.74) is 3.00. The molecule has 1 N–H and O–H groups in total. The molecule has 0 aliphatic carbocycles. The monoisotopic (exact) mass is 283 g/mol. The highest BCUT2D eigenvalue weighted by atomic mass is 16.5. The number of amides is 1. The van der Waals surface area contributed by atoms with Crippen LogP contribution in [0.2, 0.25) is 0 Å². The molecule has 3 heteroatoms. The Labute approximate surface area is 126 Å². The molecule has 0 unspecified atom stereocenters. The van der Waals surface area contributed by atoms with Gasteiger partial charge in [0.15, 0.2) is 0 Å². The number of nitrogens with one attached hydrogen (secondary N) is 1. The fraction of sp³-hybridized carbons (Fsp3) is 0.278.